The monoisotopic (exact) mass is 418 g/mol. The molecule has 0 aliphatic heterocycles. The molecule has 0 atom stereocenters. The number of thiophene rings is 1. The van der Waals surface area contributed by atoms with Crippen LogP contribution in [0.2, 0.25) is 0 Å². The topological polar surface area (TPSA) is 58.2 Å². The molecule has 0 bridgehead atoms. The Labute approximate surface area is 177 Å². The fraction of sp³-hybridized carbons (Fsp3) is 0.0833. The van der Waals surface area contributed by atoms with Gasteiger partial charge in [-0.05, 0) is 67.3 Å². The molecule has 4 nitrogen and oxygen atoms in total. The summed E-state index contributed by atoms with van der Waals surface area (Å²) in [6.45, 7) is 3.79. The van der Waals surface area contributed by atoms with Crippen molar-refractivity contribution in [3.63, 3.8) is 0 Å². The highest BCUT2D eigenvalue weighted by Gasteiger charge is 2.19. The van der Waals surface area contributed by atoms with Crippen molar-refractivity contribution < 1.29 is 14.0 Å². The molecule has 2 N–H and O–H groups in total. The number of carbonyl (C=O) groups is 2. The third-order valence-corrected chi connectivity index (χ3v) is 6.09. The zero-order valence-corrected chi connectivity index (χ0v) is 17.3. The third kappa shape index (κ3) is 3.95. The van der Waals surface area contributed by atoms with E-state index in [0.717, 1.165) is 21.2 Å². The lowest BCUT2D eigenvalue weighted by Crippen LogP contribution is -2.18. The normalized spacial score (nSPS) is 10.8. The van der Waals surface area contributed by atoms with Crippen molar-refractivity contribution >= 4 is 44.6 Å². The van der Waals surface area contributed by atoms with Crippen LogP contribution < -0.4 is 10.6 Å². The molecule has 1 aromatic heterocycles. The van der Waals surface area contributed by atoms with Gasteiger partial charge in [0.2, 0.25) is 0 Å². The summed E-state index contributed by atoms with van der Waals surface area (Å²) in [5, 5.41) is 6.67. The zero-order valence-electron chi connectivity index (χ0n) is 16.5. The maximum absolute atomic E-state index is 13.1. The average molecular weight is 418 g/mol. The number of fused-ring (bicyclic) bond motifs is 1. The Morgan fingerprint density at radius 1 is 0.867 bits per heavy atom. The number of carbonyl (C=O) groups excluding carboxylic acids is 2. The van der Waals surface area contributed by atoms with Gasteiger partial charge in [0, 0.05) is 10.4 Å². The summed E-state index contributed by atoms with van der Waals surface area (Å²) >= 11 is 1.42. The second-order valence-corrected chi connectivity index (χ2v) is 8.07. The van der Waals surface area contributed by atoms with Crippen molar-refractivity contribution in [3.05, 3.63) is 94.1 Å². The maximum atomic E-state index is 13.1. The highest BCUT2D eigenvalue weighted by atomic mass is 32.1. The molecule has 0 aliphatic carbocycles. The maximum Gasteiger partial charge on any atom is 0.266 e. The summed E-state index contributed by atoms with van der Waals surface area (Å²) in [4.78, 5) is 26.4. The highest BCUT2D eigenvalue weighted by Crippen LogP contribution is 2.31. The van der Waals surface area contributed by atoms with E-state index in [-0.39, 0.29) is 17.6 Å². The standard InChI is InChI=1S/C24H19FN2O2S/c1-14-7-12-20(19(13-14)23(28)26-17-10-8-16(25)9-11-17)27-24(29)22-15(2)18-5-3-4-6-21(18)30-22/h3-13H,1-2H3,(H,26,28)(H,27,29). The van der Waals surface area contributed by atoms with Crippen LogP contribution in [-0.4, -0.2) is 11.8 Å². The molecule has 2 amide bonds. The van der Waals surface area contributed by atoms with Gasteiger partial charge in [0.15, 0.2) is 0 Å². The molecule has 0 saturated heterocycles. The van der Waals surface area contributed by atoms with Crippen LogP contribution in [0.15, 0.2) is 66.7 Å². The fourth-order valence-electron chi connectivity index (χ4n) is 3.26. The SMILES string of the molecule is Cc1ccc(NC(=O)c2sc3ccccc3c2C)c(C(=O)Nc2ccc(F)cc2)c1. The van der Waals surface area contributed by atoms with Gasteiger partial charge in [-0.2, -0.15) is 0 Å². The summed E-state index contributed by atoms with van der Waals surface area (Å²) in [6, 6.07) is 18.7. The Balaban J connectivity index is 1.62. The van der Waals surface area contributed by atoms with Gasteiger partial charge in [-0.1, -0.05) is 29.8 Å². The van der Waals surface area contributed by atoms with Crippen molar-refractivity contribution in [1.29, 1.82) is 0 Å². The Morgan fingerprint density at radius 2 is 1.60 bits per heavy atom. The summed E-state index contributed by atoms with van der Waals surface area (Å²) in [5.74, 6) is -1.02. The number of hydrogen-bond acceptors (Lipinski definition) is 3. The quantitative estimate of drug-likeness (QED) is 0.417. The van der Waals surface area contributed by atoms with E-state index in [1.165, 1.54) is 35.6 Å². The van der Waals surface area contributed by atoms with E-state index in [0.29, 0.717) is 21.8 Å². The molecule has 0 radical (unpaired) electrons. The van der Waals surface area contributed by atoms with E-state index < -0.39 is 0 Å². The molecule has 6 heteroatoms. The molecule has 4 rings (SSSR count). The van der Waals surface area contributed by atoms with E-state index >= 15 is 0 Å². The molecular weight excluding hydrogens is 399 g/mol. The first-order valence-electron chi connectivity index (χ1n) is 9.39. The molecule has 3 aromatic carbocycles. The van der Waals surface area contributed by atoms with Gasteiger partial charge in [0.1, 0.15) is 5.82 Å². The van der Waals surface area contributed by atoms with Crippen LogP contribution in [0.25, 0.3) is 10.1 Å². The van der Waals surface area contributed by atoms with Gasteiger partial charge in [0.05, 0.1) is 16.1 Å². The molecule has 30 heavy (non-hydrogen) atoms. The number of nitrogens with one attached hydrogen (secondary N) is 2. The van der Waals surface area contributed by atoms with Gasteiger partial charge in [-0.25, -0.2) is 4.39 Å². The van der Waals surface area contributed by atoms with Gasteiger partial charge in [-0.15, -0.1) is 11.3 Å². The molecule has 0 spiro atoms. The van der Waals surface area contributed by atoms with Crippen LogP contribution in [0.3, 0.4) is 0 Å². The summed E-state index contributed by atoms with van der Waals surface area (Å²) < 4.78 is 14.2. The van der Waals surface area contributed by atoms with Crippen LogP contribution in [0, 0.1) is 19.7 Å². The van der Waals surface area contributed by atoms with Crippen molar-refractivity contribution in [2.45, 2.75) is 13.8 Å². The predicted octanol–water partition coefficient (Wildman–Crippen LogP) is 6.16. The number of amides is 2. The van der Waals surface area contributed by atoms with Crippen LogP contribution >= 0.6 is 11.3 Å². The van der Waals surface area contributed by atoms with Crippen molar-refractivity contribution in [1.82, 2.24) is 0 Å². The van der Waals surface area contributed by atoms with E-state index in [4.69, 9.17) is 0 Å². The minimum absolute atomic E-state index is 0.256. The van der Waals surface area contributed by atoms with Crippen molar-refractivity contribution in [2.24, 2.45) is 0 Å². The number of rotatable bonds is 4. The first kappa shape index (κ1) is 19.8. The smallest absolute Gasteiger partial charge is 0.266 e. The first-order chi connectivity index (χ1) is 14.4. The van der Waals surface area contributed by atoms with Gasteiger partial charge in [-0.3, -0.25) is 9.59 Å². The third-order valence-electron chi connectivity index (χ3n) is 4.82. The van der Waals surface area contributed by atoms with E-state index in [1.807, 2.05) is 44.2 Å². The minimum Gasteiger partial charge on any atom is -0.322 e. The number of halogens is 1. The largest absolute Gasteiger partial charge is 0.322 e. The lowest BCUT2D eigenvalue weighted by atomic mass is 10.1. The highest BCUT2D eigenvalue weighted by molar-refractivity contribution is 7.21. The molecule has 1 heterocycles. The minimum atomic E-state index is -0.381. The molecule has 4 aromatic rings. The van der Waals surface area contributed by atoms with Crippen molar-refractivity contribution in [3.8, 4) is 0 Å². The van der Waals surface area contributed by atoms with Gasteiger partial charge >= 0.3 is 0 Å². The Kier molecular flexibility index (Phi) is 5.33. The summed E-state index contributed by atoms with van der Waals surface area (Å²) in [5.41, 5.74) is 3.03. The Bertz CT molecular complexity index is 1260. The molecule has 0 fully saturated rings. The fourth-order valence-corrected chi connectivity index (χ4v) is 4.36. The molecule has 0 unspecified atom stereocenters. The number of hydrogen-bond donors (Lipinski definition) is 2. The lowest BCUT2D eigenvalue weighted by Gasteiger charge is -2.12. The van der Waals surface area contributed by atoms with E-state index in [1.54, 1.807) is 12.1 Å². The molecular formula is C24H19FN2O2S. The van der Waals surface area contributed by atoms with Crippen molar-refractivity contribution in [2.75, 3.05) is 10.6 Å². The average Bonchev–Trinajstić information content (AvgIpc) is 3.08. The summed E-state index contributed by atoms with van der Waals surface area (Å²) in [7, 11) is 0. The van der Waals surface area contributed by atoms with E-state index in [2.05, 4.69) is 10.6 Å². The Hall–Kier alpha value is -3.51. The van der Waals surface area contributed by atoms with Gasteiger partial charge in [0.25, 0.3) is 11.8 Å². The predicted molar refractivity (Wildman–Crippen MR) is 120 cm³/mol. The van der Waals surface area contributed by atoms with Crippen LogP contribution in [-0.2, 0) is 0 Å². The van der Waals surface area contributed by atoms with Gasteiger partial charge < -0.3 is 10.6 Å². The Morgan fingerprint density at radius 3 is 2.33 bits per heavy atom. The first-order valence-corrected chi connectivity index (χ1v) is 10.2. The second-order valence-electron chi connectivity index (χ2n) is 7.02. The lowest BCUT2D eigenvalue weighted by molar-refractivity contribution is 0.102. The molecule has 0 aliphatic rings. The van der Waals surface area contributed by atoms with Crippen LogP contribution in [0.4, 0.5) is 15.8 Å². The van der Waals surface area contributed by atoms with E-state index in [9.17, 15) is 14.0 Å². The molecule has 150 valence electrons. The number of benzene rings is 3. The summed E-state index contributed by atoms with van der Waals surface area (Å²) in [6.07, 6.45) is 0. The molecule has 0 saturated carbocycles. The zero-order chi connectivity index (χ0) is 21.3. The number of anilines is 2. The second kappa shape index (κ2) is 8.08. The van der Waals surface area contributed by atoms with Crippen LogP contribution in [0.5, 0.6) is 0 Å². The number of aryl methyl sites for hydroxylation is 2. The van der Waals surface area contributed by atoms with Crippen LogP contribution in [0.1, 0.15) is 31.2 Å².